The summed E-state index contributed by atoms with van der Waals surface area (Å²) in [6.07, 6.45) is 7.66. The van der Waals surface area contributed by atoms with Crippen LogP contribution in [0, 0.1) is 0 Å². The quantitative estimate of drug-likeness (QED) is 0.628. The van der Waals surface area contributed by atoms with Crippen LogP contribution in [0.25, 0.3) is 0 Å². The first-order valence-corrected chi connectivity index (χ1v) is 7.63. The zero-order valence-electron chi connectivity index (χ0n) is 12.6. The normalized spacial score (nSPS) is 10.9. The fourth-order valence-corrected chi connectivity index (χ4v) is 2.28. The van der Waals surface area contributed by atoms with Gasteiger partial charge in [0.15, 0.2) is 0 Å². The summed E-state index contributed by atoms with van der Waals surface area (Å²) >= 11 is 0. The molecule has 0 radical (unpaired) electrons. The maximum absolute atomic E-state index is 10.4. The molecule has 0 aliphatic heterocycles. The zero-order chi connectivity index (χ0) is 14.6. The van der Waals surface area contributed by atoms with E-state index in [1.165, 1.54) is 44.1 Å². The smallest absolute Gasteiger partial charge is 0.304 e. The van der Waals surface area contributed by atoms with Gasteiger partial charge in [-0.1, -0.05) is 49.6 Å². The standard InChI is InChI=1S/C17H27NO2/c1-18(15-13-17(19)20)14-9-4-2-3-6-10-16-11-7-5-8-12-16/h5,7-8,11-12H,2-4,6,9-10,13-15H2,1H3,(H,19,20). The highest BCUT2D eigenvalue weighted by molar-refractivity contribution is 5.66. The second kappa shape index (κ2) is 10.4. The van der Waals surface area contributed by atoms with Crippen molar-refractivity contribution in [1.29, 1.82) is 0 Å². The zero-order valence-corrected chi connectivity index (χ0v) is 12.6. The van der Waals surface area contributed by atoms with Crippen molar-refractivity contribution in [1.82, 2.24) is 4.90 Å². The van der Waals surface area contributed by atoms with Gasteiger partial charge in [-0.2, -0.15) is 0 Å². The van der Waals surface area contributed by atoms with Gasteiger partial charge in [0.1, 0.15) is 0 Å². The SMILES string of the molecule is CN(CCCCCCCc1ccccc1)CCC(=O)O. The minimum atomic E-state index is -0.710. The highest BCUT2D eigenvalue weighted by atomic mass is 16.4. The Balaban J connectivity index is 1.91. The molecular formula is C17H27NO2. The predicted octanol–water partition coefficient (Wildman–Crippen LogP) is 3.59. The summed E-state index contributed by atoms with van der Waals surface area (Å²) in [5, 5.41) is 8.60. The highest BCUT2D eigenvalue weighted by Gasteiger charge is 2.01. The molecule has 1 aromatic rings. The number of aryl methyl sites for hydroxylation is 1. The van der Waals surface area contributed by atoms with Gasteiger partial charge in [-0.15, -0.1) is 0 Å². The molecule has 112 valence electrons. The maximum atomic E-state index is 10.4. The van der Waals surface area contributed by atoms with Crippen LogP contribution >= 0.6 is 0 Å². The molecule has 1 aromatic carbocycles. The third kappa shape index (κ3) is 8.70. The van der Waals surface area contributed by atoms with Gasteiger partial charge in [-0.3, -0.25) is 4.79 Å². The van der Waals surface area contributed by atoms with E-state index in [4.69, 9.17) is 5.11 Å². The molecule has 0 unspecified atom stereocenters. The molecule has 0 aliphatic carbocycles. The van der Waals surface area contributed by atoms with Gasteiger partial charge in [-0.25, -0.2) is 0 Å². The number of carboxylic acids is 1. The molecule has 0 heterocycles. The molecule has 0 bridgehead atoms. The van der Waals surface area contributed by atoms with E-state index < -0.39 is 5.97 Å². The Kier molecular flexibility index (Phi) is 8.72. The Labute approximate surface area is 122 Å². The Hall–Kier alpha value is -1.35. The average molecular weight is 277 g/mol. The second-order valence-corrected chi connectivity index (χ2v) is 5.45. The molecule has 0 amide bonds. The van der Waals surface area contributed by atoms with Gasteiger partial charge >= 0.3 is 5.97 Å². The number of unbranched alkanes of at least 4 members (excludes halogenated alkanes) is 4. The molecule has 3 nitrogen and oxygen atoms in total. The number of aliphatic carboxylic acids is 1. The van der Waals surface area contributed by atoms with E-state index >= 15 is 0 Å². The minimum absolute atomic E-state index is 0.244. The Morgan fingerprint density at radius 2 is 1.65 bits per heavy atom. The average Bonchev–Trinajstić information content (AvgIpc) is 2.45. The summed E-state index contributed by atoms with van der Waals surface area (Å²) in [5.41, 5.74) is 1.43. The van der Waals surface area contributed by atoms with Crippen LogP contribution in [0.3, 0.4) is 0 Å². The first-order chi connectivity index (χ1) is 9.68. The van der Waals surface area contributed by atoms with Crippen LogP contribution in [0.1, 0.15) is 44.1 Å². The van der Waals surface area contributed by atoms with Crippen molar-refractivity contribution in [2.24, 2.45) is 0 Å². The summed E-state index contributed by atoms with van der Waals surface area (Å²) in [6.45, 7) is 1.66. The molecule has 1 rings (SSSR count). The lowest BCUT2D eigenvalue weighted by Gasteiger charge is -2.14. The topological polar surface area (TPSA) is 40.5 Å². The van der Waals surface area contributed by atoms with E-state index in [1.807, 2.05) is 7.05 Å². The molecule has 0 saturated heterocycles. The molecule has 0 aromatic heterocycles. The number of hydrogen-bond acceptors (Lipinski definition) is 2. The van der Waals surface area contributed by atoms with Gasteiger partial charge in [0.05, 0.1) is 6.42 Å². The minimum Gasteiger partial charge on any atom is -0.481 e. The lowest BCUT2D eigenvalue weighted by Crippen LogP contribution is -2.22. The van der Waals surface area contributed by atoms with Crippen molar-refractivity contribution in [2.45, 2.75) is 44.9 Å². The number of hydrogen-bond donors (Lipinski definition) is 1. The number of nitrogens with zero attached hydrogens (tertiary/aromatic N) is 1. The van der Waals surface area contributed by atoms with Crippen molar-refractivity contribution in [2.75, 3.05) is 20.1 Å². The summed E-state index contributed by atoms with van der Waals surface area (Å²) in [7, 11) is 2.00. The molecule has 3 heteroatoms. The van der Waals surface area contributed by atoms with Gasteiger partial charge in [0.25, 0.3) is 0 Å². The predicted molar refractivity (Wildman–Crippen MR) is 83.0 cm³/mol. The highest BCUT2D eigenvalue weighted by Crippen LogP contribution is 2.09. The number of carboxylic acid groups (broad SMARTS) is 1. The molecule has 0 spiro atoms. The van der Waals surface area contributed by atoms with E-state index in [1.54, 1.807) is 0 Å². The number of benzene rings is 1. The molecular weight excluding hydrogens is 250 g/mol. The largest absolute Gasteiger partial charge is 0.481 e. The third-order valence-corrected chi connectivity index (χ3v) is 3.56. The summed E-state index contributed by atoms with van der Waals surface area (Å²) in [5.74, 6) is -0.710. The van der Waals surface area contributed by atoms with Crippen LogP contribution in [-0.4, -0.2) is 36.1 Å². The van der Waals surface area contributed by atoms with Crippen LogP contribution in [0.15, 0.2) is 30.3 Å². The number of rotatable bonds is 11. The molecule has 20 heavy (non-hydrogen) atoms. The van der Waals surface area contributed by atoms with Crippen LogP contribution in [0.4, 0.5) is 0 Å². The van der Waals surface area contributed by atoms with E-state index in [0.29, 0.717) is 6.54 Å². The molecule has 0 aliphatic rings. The Morgan fingerprint density at radius 3 is 2.35 bits per heavy atom. The second-order valence-electron chi connectivity index (χ2n) is 5.45. The lowest BCUT2D eigenvalue weighted by molar-refractivity contribution is -0.137. The monoisotopic (exact) mass is 277 g/mol. The first kappa shape index (κ1) is 16.7. The van der Waals surface area contributed by atoms with E-state index in [0.717, 1.165) is 6.54 Å². The third-order valence-electron chi connectivity index (χ3n) is 3.56. The fraction of sp³-hybridized carbons (Fsp3) is 0.588. The summed E-state index contributed by atoms with van der Waals surface area (Å²) in [4.78, 5) is 12.6. The van der Waals surface area contributed by atoms with Crippen LogP contribution in [-0.2, 0) is 11.2 Å². The first-order valence-electron chi connectivity index (χ1n) is 7.63. The van der Waals surface area contributed by atoms with E-state index in [-0.39, 0.29) is 6.42 Å². The Bertz CT molecular complexity index is 365. The van der Waals surface area contributed by atoms with Crippen molar-refractivity contribution >= 4 is 5.97 Å². The maximum Gasteiger partial charge on any atom is 0.304 e. The number of carbonyl (C=O) groups is 1. The van der Waals surface area contributed by atoms with Gasteiger partial charge in [0.2, 0.25) is 0 Å². The van der Waals surface area contributed by atoms with Crippen LogP contribution < -0.4 is 0 Å². The van der Waals surface area contributed by atoms with Crippen molar-refractivity contribution < 1.29 is 9.90 Å². The summed E-state index contributed by atoms with van der Waals surface area (Å²) in [6, 6.07) is 10.6. The molecule has 0 fully saturated rings. The molecule has 1 N–H and O–H groups in total. The lowest BCUT2D eigenvalue weighted by atomic mass is 10.1. The van der Waals surface area contributed by atoms with Gasteiger partial charge < -0.3 is 10.0 Å². The van der Waals surface area contributed by atoms with Crippen LogP contribution in [0.2, 0.25) is 0 Å². The van der Waals surface area contributed by atoms with Crippen LogP contribution in [0.5, 0.6) is 0 Å². The van der Waals surface area contributed by atoms with Crippen molar-refractivity contribution in [3.8, 4) is 0 Å². The van der Waals surface area contributed by atoms with E-state index in [9.17, 15) is 4.79 Å². The molecule has 0 saturated carbocycles. The van der Waals surface area contributed by atoms with E-state index in [2.05, 4.69) is 35.2 Å². The summed E-state index contributed by atoms with van der Waals surface area (Å²) < 4.78 is 0. The van der Waals surface area contributed by atoms with Crippen molar-refractivity contribution in [3.05, 3.63) is 35.9 Å². The van der Waals surface area contributed by atoms with Gasteiger partial charge in [0, 0.05) is 6.54 Å². The van der Waals surface area contributed by atoms with Crippen molar-refractivity contribution in [3.63, 3.8) is 0 Å². The Morgan fingerprint density at radius 1 is 1.00 bits per heavy atom. The van der Waals surface area contributed by atoms with Gasteiger partial charge in [-0.05, 0) is 38.4 Å². The molecule has 0 atom stereocenters. The fourth-order valence-electron chi connectivity index (χ4n) is 2.28.